The lowest BCUT2D eigenvalue weighted by Crippen LogP contribution is -2.03. The topological polar surface area (TPSA) is 57.2 Å². The van der Waals surface area contributed by atoms with Crippen molar-refractivity contribution in [1.29, 1.82) is 0 Å². The van der Waals surface area contributed by atoms with Gasteiger partial charge in [-0.25, -0.2) is 14.5 Å². The van der Waals surface area contributed by atoms with Crippen LogP contribution in [-0.2, 0) is 13.2 Å². The van der Waals surface area contributed by atoms with Gasteiger partial charge in [-0.1, -0.05) is 127 Å². The maximum atomic E-state index is 6.28. The highest BCUT2D eigenvalue weighted by molar-refractivity contribution is 6.09. The number of rotatable bonds is 7. The van der Waals surface area contributed by atoms with Crippen molar-refractivity contribution in [3.05, 3.63) is 151 Å². The number of benzene rings is 5. The largest absolute Gasteiger partial charge is 0.485 e. The molecule has 0 aliphatic heterocycles. The number of ether oxygens (including phenoxy) is 1. The van der Waals surface area contributed by atoms with Crippen LogP contribution in [0.1, 0.15) is 11.4 Å². The second-order valence-corrected chi connectivity index (χ2v) is 10.5. The van der Waals surface area contributed by atoms with Gasteiger partial charge >= 0.3 is 0 Å². The summed E-state index contributed by atoms with van der Waals surface area (Å²) in [5.41, 5.74) is 7.22. The lowest BCUT2D eigenvalue weighted by molar-refractivity contribution is 0.300. The quantitative estimate of drug-likeness (QED) is 0.198. The Morgan fingerprint density at radius 3 is 2.09 bits per heavy atom. The Balaban J connectivity index is 1.33. The van der Waals surface area contributed by atoms with E-state index in [-0.39, 0.29) is 6.61 Å². The third-order valence-electron chi connectivity index (χ3n) is 7.82. The number of fused-ring (bicyclic) bond motifs is 4. The minimum absolute atomic E-state index is 0.244. The molecular weight excluding hydrogens is 530 g/mol. The third kappa shape index (κ3) is 4.50. The predicted octanol–water partition coefficient (Wildman–Crippen LogP) is 8.19. The van der Waals surface area contributed by atoms with Crippen molar-refractivity contribution in [2.45, 2.75) is 13.2 Å². The smallest absolute Gasteiger partial charge is 0.189 e. The molecule has 0 radical (unpaired) electrons. The molecule has 6 nitrogen and oxygen atoms in total. The summed E-state index contributed by atoms with van der Waals surface area (Å²) in [4.78, 5) is 10.0. The van der Waals surface area contributed by atoms with Gasteiger partial charge in [0.2, 0.25) is 0 Å². The Kier molecular flexibility index (Phi) is 6.15. The molecule has 0 atom stereocenters. The van der Waals surface area contributed by atoms with Crippen molar-refractivity contribution < 1.29 is 4.74 Å². The zero-order chi connectivity index (χ0) is 28.6. The normalized spacial score (nSPS) is 11.4. The first-order valence-electron chi connectivity index (χ1n) is 14.4. The Labute approximate surface area is 248 Å². The monoisotopic (exact) mass is 557 g/mol. The summed E-state index contributed by atoms with van der Waals surface area (Å²) in [6.07, 6.45) is 1.76. The molecule has 0 aliphatic carbocycles. The van der Waals surface area contributed by atoms with Gasteiger partial charge in [0, 0.05) is 17.5 Å². The van der Waals surface area contributed by atoms with E-state index in [0.717, 1.165) is 55.6 Å². The molecule has 0 unspecified atom stereocenters. The minimum Gasteiger partial charge on any atom is -0.485 e. The van der Waals surface area contributed by atoms with Crippen molar-refractivity contribution in [3.8, 4) is 28.1 Å². The number of nitrogens with zero attached hydrogens (tertiary/aromatic N) is 5. The molecule has 0 amide bonds. The summed E-state index contributed by atoms with van der Waals surface area (Å²) in [6, 6.07) is 45.8. The molecule has 3 aromatic heterocycles. The van der Waals surface area contributed by atoms with Gasteiger partial charge in [-0.05, 0) is 28.1 Å². The Morgan fingerprint density at radius 2 is 1.30 bits per heavy atom. The van der Waals surface area contributed by atoms with E-state index in [0.29, 0.717) is 12.4 Å². The van der Waals surface area contributed by atoms with Crippen LogP contribution in [0.4, 0.5) is 0 Å². The zero-order valence-electron chi connectivity index (χ0n) is 23.3. The van der Waals surface area contributed by atoms with Gasteiger partial charge in [0.25, 0.3) is 0 Å². The predicted molar refractivity (Wildman–Crippen MR) is 171 cm³/mol. The number of hydrogen-bond donors (Lipinski definition) is 0. The van der Waals surface area contributed by atoms with Crippen LogP contribution in [0.2, 0.25) is 0 Å². The average molecular weight is 558 g/mol. The van der Waals surface area contributed by atoms with Crippen molar-refractivity contribution in [2.75, 3.05) is 0 Å². The van der Waals surface area contributed by atoms with Gasteiger partial charge < -0.3 is 9.30 Å². The van der Waals surface area contributed by atoms with Crippen LogP contribution in [0.3, 0.4) is 0 Å². The van der Waals surface area contributed by atoms with E-state index < -0.39 is 0 Å². The fraction of sp³-hybridized carbons (Fsp3) is 0.0541. The van der Waals surface area contributed by atoms with E-state index in [1.165, 1.54) is 5.56 Å². The molecule has 0 saturated heterocycles. The first-order chi connectivity index (χ1) is 21.3. The second kappa shape index (κ2) is 10.6. The van der Waals surface area contributed by atoms with Crippen LogP contribution in [0.25, 0.3) is 49.8 Å². The van der Waals surface area contributed by atoms with E-state index in [9.17, 15) is 0 Å². The SMILES string of the molecule is c1ccc(Cn2c(-c3ccccc3)c(-c3ccccc3)c3c2ncn2nc(COc4cccc5ccccc45)nc32)cc1. The van der Waals surface area contributed by atoms with E-state index in [1.54, 1.807) is 10.8 Å². The molecule has 43 heavy (non-hydrogen) atoms. The molecule has 0 saturated carbocycles. The van der Waals surface area contributed by atoms with Gasteiger partial charge in [0.15, 0.2) is 11.5 Å². The van der Waals surface area contributed by atoms with Crippen LogP contribution in [0.15, 0.2) is 140 Å². The van der Waals surface area contributed by atoms with Crippen molar-refractivity contribution in [2.24, 2.45) is 0 Å². The minimum atomic E-state index is 0.244. The fourth-order valence-electron chi connectivity index (χ4n) is 5.91. The third-order valence-corrected chi connectivity index (χ3v) is 7.82. The highest BCUT2D eigenvalue weighted by Gasteiger charge is 2.25. The molecule has 5 aromatic carbocycles. The molecular formula is C37H27N5O. The highest BCUT2D eigenvalue weighted by atomic mass is 16.5. The second-order valence-electron chi connectivity index (χ2n) is 10.5. The van der Waals surface area contributed by atoms with E-state index >= 15 is 0 Å². The van der Waals surface area contributed by atoms with Crippen LogP contribution in [0, 0.1) is 0 Å². The molecule has 8 aromatic rings. The average Bonchev–Trinajstić information content (AvgIpc) is 3.64. The molecule has 0 fully saturated rings. The summed E-state index contributed by atoms with van der Waals surface area (Å²) in [7, 11) is 0. The number of aromatic nitrogens is 5. The van der Waals surface area contributed by atoms with Gasteiger partial charge in [-0.15, -0.1) is 5.10 Å². The molecule has 0 spiro atoms. The Bertz CT molecular complexity index is 2200. The molecule has 206 valence electrons. The maximum Gasteiger partial charge on any atom is 0.189 e. The zero-order valence-corrected chi connectivity index (χ0v) is 23.3. The molecule has 0 bridgehead atoms. The molecule has 6 heteroatoms. The summed E-state index contributed by atoms with van der Waals surface area (Å²) >= 11 is 0. The fourth-order valence-corrected chi connectivity index (χ4v) is 5.91. The highest BCUT2D eigenvalue weighted by Crippen LogP contribution is 2.42. The van der Waals surface area contributed by atoms with E-state index in [4.69, 9.17) is 19.8 Å². The van der Waals surface area contributed by atoms with Crippen LogP contribution in [0.5, 0.6) is 5.75 Å². The summed E-state index contributed by atoms with van der Waals surface area (Å²) < 4.78 is 10.4. The van der Waals surface area contributed by atoms with Gasteiger partial charge in [0.05, 0.1) is 11.1 Å². The van der Waals surface area contributed by atoms with E-state index in [1.807, 2.05) is 42.5 Å². The summed E-state index contributed by atoms with van der Waals surface area (Å²) in [5, 5.41) is 7.96. The Morgan fingerprint density at radius 1 is 0.628 bits per heavy atom. The van der Waals surface area contributed by atoms with Crippen molar-refractivity contribution in [1.82, 2.24) is 24.1 Å². The van der Waals surface area contributed by atoms with Crippen molar-refractivity contribution >= 4 is 27.5 Å². The first-order valence-corrected chi connectivity index (χ1v) is 14.4. The molecule has 8 rings (SSSR count). The molecule has 0 aliphatic rings. The van der Waals surface area contributed by atoms with Crippen LogP contribution < -0.4 is 4.74 Å². The standard InChI is InChI=1S/C37H27N5O/c1-4-13-26(14-5-1)23-41-35(29-18-8-3-9-19-29)33(28-16-6-2-7-17-28)34-36(41)38-25-42-37(34)39-32(40-42)24-43-31-22-12-20-27-15-10-11-21-30(27)31/h1-22,25H,23-24H2. The van der Waals surface area contributed by atoms with Gasteiger partial charge in [-0.3, -0.25) is 0 Å². The first kappa shape index (κ1) is 25.0. The summed E-state index contributed by atoms with van der Waals surface area (Å²) in [6.45, 7) is 0.914. The van der Waals surface area contributed by atoms with Gasteiger partial charge in [-0.2, -0.15) is 0 Å². The molecule has 0 N–H and O–H groups in total. The Hall–Kier alpha value is -5.75. The van der Waals surface area contributed by atoms with Gasteiger partial charge in [0.1, 0.15) is 24.3 Å². The summed E-state index contributed by atoms with van der Waals surface area (Å²) in [5.74, 6) is 1.41. The maximum absolute atomic E-state index is 6.28. The van der Waals surface area contributed by atoms with E-state index in [2.05, 4.69) is 95.6 Å². The van der Waals surface area contributed by atoms with Crippen LogP contribution >= 0.6 is 0 Å². The number of hydrogen-bond acceptors (Lipinski definition) is 4. The molecule has 3 heterocycles. The lowest BCUT2D eigenvalue weighted by Gasteiger charge is -2.13. The van der Waals surface area contributed by atoms with Crippen LogP contribution in [-0.4, -0.2) is 24.1 Å². The lowest BCUT2D eigenvalue weighted by atomic mass is 9.99. The van der Waals surface area contributed by atoms with Crippen molar-refractivity contribution in [3.63, 3.8) is 0 Å².